The Kier molecular flexibility index (Phi) is 7.89. The standard InChI is InChI=1S/C17H19ClN2O2.ClH/c1-20(2)11-17(21)19-15-7-9-16(10-8-15)22-12-13-3-5-14(18)6-4-13;/h3-10H,11-12H2,1-2H3,(H,19,21);1H. The maximum absolute atomic E-state index is 11.7. The molecule has 2 aromatic rings. The fourth-order valence-electron chi connectivity index (χ4n) is 1.87. The predicted octanol–water partition coefficient (Wildman–Crippen LogP) is 3.84. The van der Waals surface area contributed by atoms with Crippen LogP contribution in [0.15, 0.2) is 48.5 Å². The van der Waals surface area contributed by atoms with Crippen molar-refractivity contribution in [1.82, 2.24) is 4.90 Å². The average molecular weight is 355 g/mol. The summed E-state index contributed by atoms with van der Waals surface area (Å²) < 4.78 is 5.69. The maximum Gasteiger partial charge on any atom is 0.238 e. The zero-order chi connectivity index (χ0) is 15.9. The van der Waals surface area contributed by atoms with Crippen molar-refractivity contribution < 1.29 is 9.53 Å². The first-order valence-corrected chi connectivity index (χ1v) is 7.32. The number of ether oxygens (including phenoxy) is 1. The van der Waals surface area contributed by atoms with Gasteiger partial charge in [-0.05, 0) is 56.1 Å². The monoisotopic (exact) mass is 354 g/mol. The van der Waals surface area contributed by atoms with Crippen molar-refractivity contribution >= 4 is 35.6 Å². The quantitative estimate of drug-likeness (QED) is 0.856. The topological polar surface area (TPSA) is 41.6 Å². The molecule has 1 amide bonds. The highest BCUT2D eigenvalue weighted by molar-refractivity contribution is 6.30. The van der Waals surface area contributed by atoms with Crippen LogP contribution in [0.1, 0.15) is 5.56 Å². The fraction of sp³-hybridized carbons (Fsp3) is 0.235. The maximum atomic E-state index is 11.7. The summed E-state index contributed by atoms with van der Waals surface area (Å²) >= 11 is 5.84. The lowest BCUT2D eigenvalue weighted by Crippen LogP contribution is -2.27. The lowest BCUT2D eigenvalue weighted by molar-refractivity contribution is -0.116. The van der Waals surface area contributed by atoms with Crippen LogP contribution >= 0.6 is 24.0 Å². The molecular weight excluding hydrogens is 335 g/mol. The van der Waals surface area contributed by atoms with Gasteiger partial charge in [-0.25, -0.2) is 0 Å². The molecule has 2 aromatic carbocycles. The number of hydrogen-bond donors (Lipinski definition) is 1. The zero-order valence-corrected chi connectivity index (χ0v) is 14.7. The van der Waals surface area contributed by atoms with Crippen LogP contribution in [0.25, 0.3) is 0 Å². The highest BCUT2D eigenvalue weighted by Crippen LogP contribution is 2.17. The minimum Gasteiger partial charge on any atom is -0.489 e. The van der Waals surface area contributed by atoms with E-state index < -0.39 is 0 Å². The van der Waals surface area contributed by atoms with E-state index in [1.165, 1.54) is 0 Å². The lowest BCUT2D eigenvalue weighted by Gasteiger charge is -2.11. The smallest absolute Gasteiger partial charge is 0.238 e. The van der Waals surface area contributed by atoms with Crippen molar-refractivity contribution in [1.29, 1.82) is 0 Å². The third kappa shape index (κ3) is 6.91. The number of likely N-dealkylation sites (N-methyl/N-ethyl adjacent to an activating group) is 1. The number of hydrogen-bond acceptors (Lipinski definition) is 3. The largest absolute Gasteiger partial charge is 0.489 e. The van der Waals surface area contributed by atoms with Gasteiger partial charge in [-0.15, -0.1) is 12.4 Å². The molecule has 2 rings (SSSR count). The molecule has 6 heteroatoms. The Bertz CT molecular complexity index is 613. The molecule has 0 spiro atoms. The van der Waals surface area contributed by atoms with Gasteiger partial charge in [0, 0.05) is 10.7 Å². The molecule has 1 N–H and O–H groups in total. The molecule has 0 aromatic heterocycles. The van der Waals surface area contributed by atoms with Gasteiger partial charge >= 0.3 is 0 Å². The summed E-state index contributed by atoms with van der Waals surface area (Å²) in [5.74, 6) is 0.709. The zero-order valence-electron chi connectivity index (χ0n) is 13.1. The normalized spacial score (nSPS) is 10.1. The number of rotatable bonds is 6. The number of nitrogens with one attached hydrogen (secondary N) is 1. The number of anilines is 1. The molecule has 0 saturated heterocycles. The van der Waals surface area contributed by atoms with Crippen LogP contribution in [-0.2, 0) is 11.4 Å². The minimum atomic E-state index is -0.0418. The first kappa shape index (κ1) is 19.3. The third-order valence-electron chi connectivity index (χ3n) is 2.92. The van der Waals surface area contributed by atoms with Gasteiger partial charge in [-0.2, -0.15) is 0 Å². The summed E-state index contributed by atoms with van der Waals surface area (Å²) in [7, 11) is 3.71. The van der Waals surface area contributed by atoms with E-state index in [0.29, 0.717) is 18.2 Å². The SMILES string of the molecule is CN(C)CC(=O)Nc1ccc(OCc2ccc(Cl)cc2)cc1.Cl. The van der Waals surface area contributed by atoms with Gasteiger partial charge < -0.3 is 15.0 Å². The van der Waals surface area contributed by atoms with E-state index in [-0.39, 0.29) is 18.3 Å². The van der Waals surface area contributed by atoms with E-state index in [4.69, 9.17) is 16.3 Å². The molecule has 0 heterocycles. The third-order valence-corrected chi connectivity index (χ3v) is 3.17. The van der Waals surface area contributed by atoms with Crippen LogP contribution in [0, 0.1) is 0 Å². The van der Waals surface area contributed by atoms with Gasteiger partial charge in [0.2, 0.25) is 5.91 Å². The Balaban J connectivity index is 0.00000264. The van der Waals surface area contributed by atoms with Gasteiger partial charge in [0.1, 0.15) is 12.4 Å². The van der Waals surface area contributed by atoms with Crippen LogP contribution in [0.5, 0.6) is 5.75 Å². The minimum absolute atomic E-state index is 0. The van der Waals surface area contributed by atoms with E-state index in [1.54, 1.807) is 0 Å². The Morgan fingerprint density at radius 3 is 2.26 bits per heavy atom. The van der Waals surface area contributed by atoms with E-state index in [2.05, 4.69) is 5.32 Å². The number of carbonyl (C=O) groups excluding carboxylic acids is 1. The van der Waals surface area contributed by atoms with Crippen molar-refractivity contribution in [3.63, 3.8) is 0 Å². The van der Waals surface area contributed by atoms with Crippen LogP contribution in [0.4, 0.5) is 5.69 Å². The average Bonchev–Trinajstić information content (AvgIpc) is 2.47. The van der Waals surface area contributed by atoms with Crippen LogP contribution in [-0.4, -0.2) is 31.4 Å². The first-order chi connectivity index (χ1) is 10.5. The summed E-state index contributed by atoms with van der Waals surface area (Å²) in [6, 6.07) is 14.8. The summed E-state index contributed by atoms with van der Waals surface area (Å²) in [4.78, 5) is 13.5. The molecule has 0 aliphatic heterocycles. The van der Waals surface area contributed by atoms with E-state index >= 15 is 0 Å². The molecule has 0 aliphatic carbocycles. The molecule has 0 radical (unpaired) electrons. The number of amides is 1. The molecule has 124 valence electrons. The Morgan fingerprint density at radius 2 is 1.70 bits per heavy atom. The van der Waals surface area contributed by atoms with Gasteiger partial charge in [0.15, 0.2) is 0 Å². The highest BCUT2D eigenvalue weighted by atomic mass is 35.5. The van der Waals surface area contributed by atoms with Crippen molar-refractivity contribution in [2.75, 3.05) is 26.0 Å². The molecule has 0 aliphatic rings. The molecule has 0 atom stereocenters. The Hall–Kier alpha value is -1.75. The Labute approximate surface area is 147 Å². The molecule has 4 nitrogen and oxygen atoms in total. The van der Waals surface area contributed by atoms with Gasteiger partial charge in [-0.3, -0.25) is 4.79 Å². The molecule has 0 bridgehead atoms. The molecule has 0 unspecified atom stereocenters. The van der Waals surface area contributed by atoms with E-state index in [1.807, 2.05) is 67.5 Å². The van der Waals surface area contributed by atoms with E-state index in [9.17, 15) is 4.79 Å². The Morgan fingerprint density at radius 1 is 1.09 bits per heavy atom. The summed E-state index contributed by atoms with van der Waals surface area (Å²) in [5.41, 5.74) is 1.80. The second-order valence-corrected chi connectivity index (χ2v) is 5.66. The van der Waals surface area contributed by atoms with Gasteiger partial charge in [-0.1, -0.05) is 23.7 Å². The van der Waals surface area contributed by atoms with Crippen LogP contribution in [0.3, 0.4) is 0 Å². The highest BCUT2D eigenvalue weighted by Gasteiger charge is 2.04. The predicted molar refractivity (Wildman–Crippen MR) is 96.7 cm³/mol. The van der Waals surface area contributed by atoms with E-state index in [0.717, 1.165) is 17.0 Å². The lowest BCUT2D eigenvalue weighted by atomic mass is 10.2. The summed E-state index contributed by atoms with van der Waals surface area (Å²) in [6.07, 6.45) is 0. The summed E-state index contributed by atoms with van der Waals surface area (Å²) in [6.45, 7) is 0.832. The first-order valence-electron chi connectivity index (χ1n) is 6.95. The fourth-order valence-corrected chi connectivity index (χ4v) is 2.00. The summed E-state index contributed by atoms with van der Waals surface area (Å²) in [5, 5.41) is 3.54. The van der Waals surface area contributed by atoms with Crippen molar-refractivity contribution in [3.05, 3.63) is 59.1 Å². The number of halogens is 2. The van der Waals surface area contributed by atoms with Crippen molar-refractivity contribution in [2.45, 2.75) is 6.61 Å². The van der Waals surface area contributed by atoms with Crippen molar-refractivity contribution in [3.8, 4) is 5.75 Å². The molecular formula is C17H20Cl2N2O2. The van der Waals surface area contributed by atoms with Gasteiger partial charge in [0.25, 0.3) is 0 Å². The van der Waals surface area contributed by atoms with Gasteiger partial charge in [0.05, 0.1) is 6.54 Å². The molecule has 0 saturated carbocycles. The van der Waals surface area contributed by atoms with Crippen LogP contribution < -0.4 is 10.1 Å². The molecule has 0 fully saturated rings. The van der Waals surface area contributed by atoms with Crippen molar-refractivity contribution in [2.24, 2.45) is 0 Å². The number of benzene rings is 2. The molecule has 23 heavy (non-hydrogen) atoms. The number of nitrogens with zero attached hydrogens (tertiary/aromatic N) is 1. The number of carbonyl (C=O) groups is 1. The second-order valence-electron chi connectivity index (χ2n) is 5.23. The second kappa shape index (κ2) is 9.40. The van der Waals surface area contributed by atoms with Crippen LogP contribution in [0.2, 0.25) is 5.02 Å².